The quantitative estimate of drug-likeness (QED) is 0.616. The van der Waals surface area contributed by atoms with E-state index >= 15 is 0 Å². The van der Waals surface area contributed by atoms with Gasteiger partial charge in [-0.15, -0.1) is 0 Å². The largest absolute Gasteiger partial charge is 0.494 e. The van der Waals surface area contributed by atoms with Gasteiger partial charge < -0.3 is 9.84 Å². The van der Waals surface area contributed by atoms with Crippen LogP contribution in [0.4, 0.5) is 0 Å². The topological polar surface area (TPSA) is 46.5 Å². The Morgan fingerprint density at radius 3 is 2.64 bits per heavy atom. The highest BCUT2D eigenvalue weighted by Gasteiger charge is 2.13. The van der Waals surface area contributed by atoms with Crippen LogP contribution in [-0.2, 0) is 4.79 Å². The smallest absolute Gasteiger partial charge is 0.336 e. The second-order valence-corrected chi connectivity index (χ2v) is 5.25. The number of ether oxygens (including phenoxy) is 1. The lowest BCUT2D eigenvalue weighted by molar-refractivity contribution is -0.130. The van der Waals surface area contributed by atoms with Crippen molar-refractivity contribution in [1.82, 2.24) is 0 Å². The molecule has 22 heavy (non-hydrogen) atoms. The maximum atomic E-state index is 11.6. The molecular formula is C17H14Cl2O3. The molecule has 1 N–H and O–H groups in total. The van der Waals surface area contributed by atoms with Crippen LogP contribution in [0.3, 0.4) is 0 Å². The number of hydrogen-bond acceptors (Lipinski definition) is 2. The highest BCUT2D eigenvalue weighted by molar-refractivity contribution is 6.43. The van der Waals surface area contributed by atoms with Crippen LogP contribution in [0, 0.1) is 0 Å². The fourth-order valence-corrected chi connectivity index (χ4v) is 2.34. The van der Waals surface area contributed by atoms with Gasteiger partial charge in [0.15, 0.2) is 0 Å². The summed E-state index contributed by atoms with van der Waals surface area (Å²) in [5.41, 5.74) is 1.20. The molecule has 0 aliphatic heterocycles. The molecule has 0 radical (unpaired) electrons. The molecule has 0 aromatic heterocycles. The third-order valence-electron chi connectivity index (χ3n) is 2.97. The Hall–Kier alpha value is -1.97. The van der Waals surface area contributed by atoms with Gasteiger partial charge in [-0.3, -0.25) is 0 Å². The summed E-state index contributed by atoms with van der Waals surface area (Å²) < 4.78 is 5.40. The molecule has 2 rings (SSSR count). The van der Waals surface area contributed by atoms with Gasteiger partial charge in [0.25, 0.3) is 0 Å². The molecule has 2 aromatic carbocycles. The third-order valence-corrected chi connectivity index (χ3v) is 3.80. The highest BCUT2D eigenvalue weighted by atomic mass is 35.5. The van der Waals surface area contributed by atoms with Gasteiger partial charge in [0.1, 0.15) is 5.75 Å². The van der Waals surface area contributed by atoms with Crippen molar-refractivity contribution in [3.8, 4) is 5.75 Å². The van der Waals surface area contributed by atoms with Gasteiger partial charge in [-0.25, -0.2) is 4.79 Å². The Morgan fingerprint density at radius 2 is 1.95 bits per heavy atom. The van der Waals surface area contributed by atoms with Crippen molar-refractivity contribution < 1.29 is 14.6 Å². The van der Waals surface area contributed by atoms with E-state index in [1.54, 1.807) is 42.5 Å². The first-order chi connectivity index (χ1) is 10.5. The van der Waals surface area contributed by atoms with E-state index in [0.717, 1.165) is 0 Å². The minimum atomic E-state index is -1.05. The van der Waals surface area contributed by atoms with Crippen LogP contribution < -0.4 is 4.74 Å². The number of benzene rings is 2. The normalized spacial score (nSPS) is 11.3. The molecule has 0 atom stereocenters. The lowest BCUT2D eigenvalue weighted by Crippen LogP contribution is -2.00. The molecule has 114 valence electrons. The van der Waals surface area contributed by atoms with E-state index in [4.69, 9.17) is 27.9 Å². The Balaban J connectivity index is 2.51. The summed E-state index contributed by atoms with van der Waals surface area (Å²) in [4.78, 5) is 11.6. The van der Waals surface area contributed by atoms with E-state index in [1.165, 1.54) is 6.08 Å². The van der Waals surface area contributed by atoms with Crippen molar-refractivity contribution in [3.63, 3.8) is 0 Å². The predicted molar refractivity (Wildman–Crippen MR) is 89.6 cm³/mol. The number of halogens is 2. The van der Waals surface area contributed by atoms with E-state index < -0.39 is 5.97 Å². The molecular weight excluding hydrogens is 323 g/mol. The Labute approximate surface area is 138 Å². The van der Waals surface area contributed by atoms with Gasteiger partial charge in [-0.05, 0) is 42.3 Å². The van der Waals surface area contributed by atoms with Crippen molar-refractivity contribution in [2.45, 2.75) is 6.92 Å². The predicted octanol–water partition coefficient (Wildman–Crippen LogP) is 5.02. The van der Waals surface area contributed by atoms with Crippen molar-refractivity contribution in [2.75, 3.05) is 6.61 Å². The van der Waals surface area contributed by atoms with Gasteiger partial charge in [0.2, 0.25) is 0 Å². The van der Waals surface area contributed by atoms with Crippen molar-refractivity contribution in [2.24, 2.45) is 0 Å². The molecule has 0 saturated carbocycles. The molecule has 0 aliphatic rings. The first-order valence-corrected chi connectivity index (χ1v) is 7.40. The Morgan fingerprint density at radius 1 is 1.23 bits per heavy atom. The zero-order chi connectivity index (χ0) is 16.1. The summed E-state index contributed by atoms with van der Waals surface area (Å²) >= 11 is 12.1. The molecule has 0 amide bonds. The first-order valence-electron chi connectivity index (χ1n) is 6.65. The second-order valence-electron chi connectivity index (χ2n) is 4.47. The average Bonchev–Trinajstić information content (AvgIpc) is 2.49. The SMILES string of the molecule is CCOc1cccc(/C(=C/c2cccc(Cl)c2Cl)C(=O)O)c1. The van der Waals surface area contributed by atoms with E-state index in [-0.39, 0.29) is 5.57 Å². The summed E-state index contributed by atoms with van der Waals surface area (Å²) in [6.07, 6.45) is 1.50. The number of aliphatic carboxylic acids is 1. The van der Waals surface area contributed by atoms with Gasteiger partial charge in [0.05, 0.1) is 22.2 Å². The number of carboxylic acid groups (broad SMARTS) is 1. The summed E-state index contributed by atoms with van der Waals surface area (Å²) in [6, 6.07) is 12.0. The van der Waals surface area contributed by atoms with Gasteiger partial charge in [-0.2, -0.15) is 0 Å². The zero-order valence-electron chi connectivity index (χ0n) is 11.8. The summed E-state index contributed by atoms with van der Waals surface area (Å²) in [6.45, 7) is 2.38. The van der Waals surface area contributed by atoms with Crippen LogP contribution in [0.2, 0.25) is 10.0 Å². The van der Waals surface area contributed by atoms with Crippen LogP contribution in [-0.4, -0.2) is 17.7 Å². The molecule has 0 heterocycles. The molecule has 0 saturated heterocycles. The van der Waals surface area contributed by atoms with E-state index in [2.05, 4.69) is 0 Å². The Bertz CT molecular complexity index is 724. The molecule has 0 bridgehead atoms. The Kier molecular flexibility index (Phi) is 5.47. The molecule has 3 nitrogen and oxygen atoms in total. The van der Waals surface area contributed by atoms with Crippen molar-refractivity contribution >= 4 is 40.8 Å². The summed E-state index contributed by atoms with van der Waals surface area (Å²) in [5, 5.41) is 10.2. The molecule has 5 heteroatoms. The average molecular weight is 337 g/mol. The van der Waals surface area contributed by atoms with Crippen molar-refractivity contribution in [1.29, 1.82) is 0 Å². The van der Waals surface area contributed by atoms with Crippen LogP contribution in [0.25, 0.3) is 11.6 Å². The lowest BCUT2D eigenvalue weighted by atomic mass is 10.0. The van der Waals surface area contributed by atoms with Gasteiger partial charge >= 0.3 is 5.97 Å². The number of rotatable bonds is 5. The number of carbonyl (C=O) groups is 1. The van der Waals surface area contributed by atoms with Crippen LogP contribution in [0.15, 0.2) is 42.5 Å². The minimum absolute atomic E-state index is 0.116. The van der Waals surface area contributed by atoms with Gasteiger partial charge in [-0.1, -0.05) is 47.5 Å². The van der Waals surface area contributed by atoms with E-state index in [9.17, 15) is 9.90 Å². The van der Waals surface area contributed by atoms with Gasteiger partial charge in [0, 0.05) is 0 Å². The number of hydrogen-bond donors (Lipinski definition) is 1. The maximum absolute atomic E-state index is 11.6. The van der Waals surface area contributed by atoms with Crippen LogP contribution >= 0.6 is 23.2 Å². The molecule has 0 spiro atoms. The fourth-order valence-electron chi connectivity index (χ4n) is 1.98. The third kappa shape index (κ3) is 3.81. The lowest BCUT2D eigenvalue weighted by Gasteiger charge is -2.08. The van der Waals surface area contributed by atoms with Crippen molar-refractivity contribution in [3.05, 3.63) is 63.6 Å². The molecule has 0 unspecified atom stereocenters. The second kappa shape index (κ2) is 7.34. The van der Waals surface area contributed by atoms with Crippen LogP contribution in [0.5, 0.6) is 5.75 Å². The highest BCUT2D eigenvalue weighted by Crippen LogP contribution is 2.30. The first kappa shape index (κ1) is 16.4. The molecule has 0 aliphatic carbocycles. The summed E-state index contributed by atoms with van der Waals surface area (Å²) in [7, 11) is 0. The van der Waals surface area contributed by atoms with E-state index in [0.29, 0.717) is 33.5 Å². The maximum Gasteiger partial charge on any atom is 0.336 e. The van der Waals surface area contributed by atoms with E-state index in [1.807, 2.05) is 6.92 Å². The minimum Gasteiger partial charge on any atom is -0.494 e. The zero-order valence-corrected chi connectivity index (χ0v) is 13.4. The molecule has 2 aromatic rings. The molecule has 0 fully saturated rings. The number of carboxylic acids is 1. The fraction of sp³-hybridized carbons (Fsp3) is 0.118. The monoisotopic (exact) mass is 336 g/mol. The summed E-state index contributed by atoms with van der Waals surface area (Å²) in [5.74, 6) is -0.436. The standard InChI is InChI=1S/C17H14Cl2O3/c1-2-22-13-7-3-5-11(9-13)14(17(20)21)10-12-6-4-8-15(18)16(12)19/h3-10H,2H2,1H3,(H,20,21)/b14-10-. The van der Waals surface area contributed by atoms with Crippen LogP contribution in [0.1, 0.15) is 18.1 Å².